The van der Waals surface area contributed by atoms with Crippen LogP contribution in [-0.2, 0) is 0 Å². The van der Waals surface area contributed by atoms with E-state index >= 15 is 0 Å². The molecule has 172 valence electrons. The van der Waals surface area contributed by atoms with E-state index in [4.69, 9.17) is 11.6 Å². The number of anilines is 1. The van der Waals surface area contributed by atoms with Crippen molar-refractivity contribution in [3.8, 4) is 11.3 Å². The molecule has 3 aromatic rings. The average molecular weight is 454 g/mol. The minimum absolute atomic E-state index is 0.471. The molecule has 5 nitrogen and oxygen atoms in total. The van der Waals surface area contributed by atoms with Gasteiger partial charge in [-0.25, -0.2) is 9.50 Å². The van der Waals surface area contributed by atoms with Crippen molar-refractivity contribution in [2.75, 3.05) is 37.6 Å². The minimum atomic E-state index is 0.471. The van der Waals surface area contributed by atoms with E-state index in [2.05, 4.69) is 51.1 Å². The van der Waals surface area contributed by atoms with Crippen LogP contribution in [-0.4, -0.2) is 52.2 Å². The topological polar surface area (TPSA) is 36.7 Å². The Bertz CT molecular complexity index is 960. The standard InChI is InChI=1S/C26H36ClN5/c1-2-3-4-5-6-7-8-9-16-30-17-19-31(20-18-30)23-12-10-22(11-13-23)24-21-28-26-15-14-25(27)29-32(24)26/h10-15,21H,2-9,16-20H2,1H3. The number of fused-ring (bicyclic) bond motifs is 1. The van der Waals surface area contributed by atoms with Crippen LogP contribution in [0.4, 0.5) is 5.69 Å². The van der Waals surface area contributed by atoms with Gasteiger partial charge in [0.1, 0.15) is 5.15 Å². The zero-order valence-electron chi connectivity index (χ0n) is 19.3. The predicted octanol–water partition coefficient (Wildman–Crippen LogP) is 6.31. The fourth-order valence-corrected chi connectivity index (χ4v) is 4.73. The van der Waals surface area contributed by atoms with E-state index < -0.39 is 0 Å². The van der Waals surface area contributed by atoms with Crippen LogP contribution >= 0.6 is 11.6 Å². The molecule has 0 spiro atoms. The molecule has 1 aromatic carbocycles. The summed E-state index contributed by atoms with van der Waals surface area (Å²) in [4.78, 5) is 9.57. The summed E-state index contributed by atoms with van der Waals surface area (Å²) in [6, 6.07) is 12.4. The first-order valence-electron chi connectivity index (χ1n) is 12.3. The summed E-state index contributed by atoms with van der Waals surface area (Å²) >= 11 is 6.07. The predicted molar refractivity (Wildman–Crippen MR) is 135 cm³/mol. The first-order chi connectivity index (χ1) is 15.7. The van der Waals surface area contributed by atoms with Crippen LogP contribution in [0, 0.1) is 0 Å². The van der Waals surface area contributed by atoms with Crippen LogP contribution < -0.4 is 4.90 Å². The molecule has 0 saturated carbocycles. The zero-order valence-corrected chi connectivity index (χ0v) is 20.1. The number of aromatic nitrogens is 3. The van der Waals surface area contributed by atoms with Gasteiger partial charge in [-0.1, -0.05) is 75.6 Å². The zero-order chi connectivity index (χ0) is 22.2. The summed E-state index contributed by atoms with van der Waals surface area (Å²) in [5.74, 6) is 0. The number of imidazole rings is 1. The van der Waals surface area contributed by atoms with Gasteiger partial charge in [0.05, 0.1) is 11.9 Å². The number of nitrogens with zero attached hydrogens (tertiary/aromatic N) is 5. The van der Waals surface area contributed by atoms with E-state index in [0.717, 1.165) is 43.1 Å². The van der Waals surface area contributed by atoms with Crippen molar-refractivity contribution in [3.05, 3.63) is 47.7 Å². The maximum Gasteiger partial charge on any atom is 0.154 e. The highest BCUT2D eigenvalue weighted by Gasteiger charge is 2.17. The van der Waals surface area contributed by atoms with E-state index in [0.29, 0.717) is 5.15 Å². The van der Waals surface area contributed by atoms with Crippen molar-refractivity contribution in [1.82, 2.24) is 19.5 Å². The molecule has 3 heterocycles. The molecule has 0 amide bonds. The second-order valence-corrected chi connectivity index (χ2v) is 9.31. The van der Waals surface area contributed by atoms with E-state index in [-0.39, 0.29) is 0 Å². The van der Waals surface area contributed by atoms with Crippen molar-refractivity contribution < 1.29 is 0 Å². The Kier molecular flexibility index (Phi) is 8.41. The van der Waals surface area contributed by atoms with Gasteiger partial charge >= 0.3 is 0 Å². The fourth-order valence-electron chi connectivity index (χ4n) is 4.59. The normalized spacial score (nSPS) is 15.0. The summed E-state index contributed by atoms with van der Waals surface area (Å²) in [7, 11) is 0. The molecule has 1 saturated heterocycles. The second kappa shape index (κ2) is 11.7. The third-order valence-corrected chi connectivity index (χ3v) is 6.76. The van der Waals surface area contributed by atoms with Gasteiger partial charge in [-0.15, -0.1) is 0 Å². The molecule has 0 unspecified atom stereocenters. The van der Waals surface area contributed by atoms with Crippen LogP contribution in [0.25, 0.3) is 16.9 Å². The Labute approximate surface area is 197 Å². The van der Waals surface area contributed by atoms with Gasteiger partial charge in [-0.05, 0) is 37.2 Å². The van der Waals surface area contributed by atoms with Crippen molar-refractivity contribution in [2.24, 2.45) is 0 Å². The molecule has 1 fully saturated rings. The lowest BCUT2D eigenvalue weighted by molar-refractivity contribution is 0.252. The van der Waals surface area contributed by atoms with Gasteiger partial charge in [-0.2, -0.15) is 5.10 Å². The number of unbranched alkanes of at least 4 members (excludes halogenated alkanes) is 7. The van der Waals surface area contributed by atoms with Gasteiger partial charge in [0.25, 0.3) is 0 Å². The average Bonchev–Trinajstić information content (AvgIpc) is 3.24. The maximum atomic E-state index is 6.07. The van der Waals surface area contributed by atoms with E-state index in [1.807, 2.05) is 12.3 Å². The third kappa shape index (κ3) is 6.02. The van der Waals surface area contributed by atoms with E-state index in [1.54, 1.807) is 10.6 Å². The summed E-state index contributed by atoms with van der Waals surface area (Å²) in [5, 5.41) is 4.86. The molecular weight excluding hydrogens is 418 g/mol. The number of hydrogen-bond donors (Lipinski definition) is 0. The number of piperazine rings is 1. The van der Waals surface area contributed by atoms with Crippen LogP contribution in [0.15, 0.2) is 42.6 Å². The fraction of sp³-hybridized carbons (Fsp3) is 0.538. The monoisotopic (exact) mass is 453 g/mol. The SMILES string of the molecule is CCCCCCCCCCN1CCN(c2ccc(-c3cnc4ccc(Cl)nn34)cc2)CC1. The quantitative estimate of drug-likeness (QED) is 0.318. The molecule has 0 aliphatic carbocycles. The molecule has 6 heteroatoms. The first-order valence-corrected chi connectivity index (χ1v) is 12.7. The minimum Gasteiger partial charge on any atom is -0.369 e. The van der Waals surface area contributed by atoms with Crippen LogP contribution in [0.1, 0.15) is 58.3 Å². The van der Waals surface area contributed by atoms with Crippen molar-refractivity contribution in [1.29, 1.82) is 0 Å². The van der Waals surface area contributed by atoms with Crippen molar-refractivity contribution in [3.63, 3.8) is 0 Å². The molecule has 0 atom stereocenters. The highest BCUT2D eigenvalue weighted by molar-refractivity contribution is 6.29. The Hall–Kier alpha value is -2.11. The molecular formula is C26H36ClN5. The Balaban J connectivity index is 1.22. The lowest BCUT2D eigenvalue weighted by Crippen LogP contribution is -2.46. The maximum absolute atomic E-state index is 6.07. The largest absolute Gasteiger partial charge is 0.369 e. The van der Waals surface area contributed by atoms with E-state index in [9.17, 15) is 0 Å². The highest BCUT2D eigenvalue weighted by Crippen LogP contribution is 2.25. The molecule has 1 aliphatic rings. The number of halogens is 1. The summed E-state index contributed by atoms with van der Waals surface area (Å²) in [6.45, 7) is 8.06. The lowest BCUT2D eigenvalue weighted by atomic mass is 10.1. The van der Waals surface area contributed by atoms with Crippen molar-refractivity contribution in [2.45, 2.75) is 58.3 Å². The first kappa shape index (κ1) is 23.1. The molecule has 0 radical (unpaired) electrons. The lowest BCUT2D eigenvalue weighted by Gasteiger charge is -2.36. The number of rotatable bonds is 11. The van der Waals surface area contributed by atoms with Crippen LogP contribution in [0.5, 0.6) is 0 Å². The Morgan fingerprint density at radius 1 is 0.812 bits per heavy atom. The molecule has 2 aromatic heterocycles. The smallest absolute Gasteiger partial charge is 0.154 e. The van der Waals surface area contributed by atoms with Gasteiger partial charge in [0, 0.05) is 37.4 Å². The van der Waals surface area contributed by atoms with Gasteiger partial charge in [-0.3, -0.25) is 4.90 Å². The highest BCUT2D eigenvalue weighted by atomic mass is 35.5. The van der Waals surface area contributed by atoms with Gasteiger partial charge in [0.15, 0.2) is 5.65 Å². The summed E-state index contributed by atoms with van der Waals surface area (Å²) in [5.41, 5.74) is 4.16. The van der Waals surface area contributed by atoms with Crippen LogP contribution in [0.3, 0.4) is 0 Å². The van der Waals surface area contributed by atoms with Gasteiger partial charge in [0.2, 0.25) is 0 Å². The second-order valence-electron chi connectivity index (χ2n) is 8.92. The number of hydrogen-bond acceptors (Lipinski definition) is 4. The number of benzene rings is 1. The third-order valence-electron chi connectivity index (χ3n) is 6.56. The van der Waals surface area contributed by atoms with E-state index in [1.165, 1.54) is 63.6 Å². The van der Waals surface area contributed by atoms with Crippen molar-refractivity contribution >= 4 is 22.9 Å². The Morgan fingerprint density at radius 2 is 1.50 bits per heavy atom. The van der Waals surface area contributed by atoms with Gasteiger partial charge < -0.3 is 4.90 Å². The van der Waals surface area contributed by atoms with Crippen LogP contribution in [0.2, 0.25) is 5.15 Å². The summed E-state index contributed by atoms with van der Waals surface area (Å²) in [6.07, 6.45) is 13.0. The Morgan fingerprint density at radius 3 is 2.22 bits per heavy atom. The summed E-state index contributed by atoms with van der Waals surface area (Å²) < 4.78 is 1.81. The molecule has 1 aliphatic heterocycles. The molecule has 32 heavy (non-hydrogen) atoms. The molecule has 0 N–H and O–H groups in total. The molecule has 4 rings (SSSR count). The molecule has 0 bridgehead atoms.